The van der Waals surface area contributed by atoms with Gasteiger partial charge in [0, 0.05) is 6.20 Å². The van der Waals surface area contributed by atoms with Crippen molar-refractivity contribution < 1.29 is 9.53 Å². The Morgan fingerprint density at radius 1 is 1.53 bits per heavy atom. The van der Waals surface area contributed by atoms with Crippen LogP contribution in [0, 0.1) is 0 Å². The van der Waals surface area contributed by atoms with Gasteiger partial charge in [0.1, 0.15) is 24.0 Å². The topological polar surface area (TPSA) is 74.1 Å². The first-order valence-corrected chi connectivity index (χ1v) is 5.20. The average molecular weight is 231 g/mol. The first-order chi connectivity index (χ1) is 8.22. The van der Waals surface area contributed by atoms with E-state index in [2.05, 4.69) is 9.97 Å². The van der Waals surface area contributed by atoms with E-state index in [0.29, 0.717) is 24.3 Å². The summed E-state index contributed by atoms with van der Waals surface area (Å²) in [5, 5.41) is 0. The molecule has 1 unspecified atom stereocenters. The van der Waals surface area contributed by atoms with E-state index in [1.54, 1.807) is 0 Å². The minimum Gasteiger partial charge on any atom is -0.474 e. The Hall–Kier alpha value is -2.24. The van der Waals surface area contributed by atoms with Gasteiger partial charge in [-0.3, -0.25) is 9.59 Å². The lowest BCUT2D eigenvalue weighted by atomic mass is 10.2. The number of rotatable bonds is 1. The van der Waals surface area contributed by atoms with Crippen molar-refractivity contribution in [1.29, 1.82) is 0 Å². The Morgan fingerprint density at radius 2 is 2.35 bits per heavy atom. The molecule has 2 aromatic rings. The van der Waals surface area contributed by atoms with Crippen LogP contribution in [0.4, 0.5) is 0 Å². The van der Waals surface area contributed by atoms with E-state index in [1.807, 2.05) is 11.5 Å². The van der Waals surface area contributed by atoms with Gasteiger partial charge in [-0.25, -0.2) is 4.98 Å². The van der Waals surface area contributed by atoms with E-state index in [0.717, 1.165) is 0 Å². The van der Waals surface area contributed by atoms with E-state index >= 15 is 0 Å². The molecule has 3 heterocycles. The van der Waals surface area contributed by atoms with E-state index in [9.17, 15) is 9.59 Å². The molecule has 2 aromatic heterocycles. The van der Waals surface area contributed by atoms with Crippen LogP contribution in [0.1, 0.15) is 23.3 Å². The van der Waals surface area contributed by atoms with Crippen LogP contribution < -0.4 is 10.2 Å². The summed E-state index contributed by atoms with van der Waals surface area (Å²) in [7, 11) is 0. The molecule has 0 saturated carbocycles. The summed E-state index contributed by atoms with van der Waals surface area (Å²) in [5.74, 6) is 0.391. The molecule has 1 aliphatic rings. The number of pyridine rings is 1. The van der Waals surface area contributed by atoms with E-state index in [1.165, 1.54) is 12.5 Å². The fourth-order valence-corrected chi connectivity index (χ4v) is 1.99. The maximum Gasteiger partial charge on any atom is 0.241 e. The Balaban J connectivity index is 2.54. The number of hydrogen-bond acceptors (Lipinski definition) is 5. The number of carbonyl (C=O) groups is 1. The number of hydrogen-bond donors (Lipinski definition) is 0. The molecule has 86 valence electrons. The van der Waals surface area contributed by atoms with Crippen molar-refractivity contribution in [2.45, 2.75) is 13.0 Å². The van der Waals surface area contributed by atoms with Crippen LogP contribution >= 0.6 is 0 Å². The molecular formula is C11H9N3O3. The van der Waals surface area contributed by atoms with Crippen molar-refractivity contribution in [2.75, 3.05) is 6.61 Å². The fraction of sp³-hybridized carbons (Fsp3) is 0.273. The minimum atomic E-state index is -0.382. The molecule has 0 radical (unpaired) electrons. The Labute approximate surface area is 95.9 Å². The summed E-state index contributed by atoms with van der Waals surface area (Å²) >= 11 is 0. The molecule has 0 saturated heterocycles. The highest BCUT2D eigenvalue weighted by atomic mass is 16.5. The second-order valence-electron chi connectivity index (χ2n) is 3.97. The summed E-state index contributed by atoms with van der Waals surface area (Å²) in [5.41, 5.74) is 0.511. The number of nitrogens with zero attached hydrogens (tertiary/aromatic N) is 3. The molecule has 1 atom stereocenters. The van der Waals surface area contributed by atoms with Crippen molar-refractivity contribution in [1.82, 2.24) is 14.5 Å². The van der Waals surface area contributed by atoms with Crippen molar-refractivity contribution >= 4 is 17.3 Å². The molecule has 6 heteroatoms. The number of aldehydes is 1. The predicted octanol–water partition coefficient (Wildman–Crippen LogP) is 0.557. The smallest absolute Gasteiger partial charge is 0.241 e. The van der Waals surface area contributed by atoms with Crippen LogP contribution in [0.15, 0.2) is 17.3 Å². The predicted molar refractivity (Wildman–Crippen MR) is 59.4 cm³/mol. The lowest BCUT2D eigenvalue weighted by molar-refractivity contribution is 0.112. The van der Waals surface area contributed by atoms with Crippen LogP contribution in [-0.2, 0) is 0 Å². The molecule has 0 amide bonds. The van der Waals surface area contributed by atoms with Crippen LogP contribution in [0.25, 0.3) is 11.0 Å². The third kappa shape index (κ3) is 1.27. The van der Waals surface area contributed by atoms with Crippen LogP contribution in [0.2, 0.25) is 0 Å². The summed E-state index contributed by atoms with van der Waals surface area (Å²) in [6.07, 6.45) is 3.36. The quantitative estimate of drug-likeness (QED) is 0.670. The maximum atomic E-state index is 11.9. The van der Waals surface area contributed by atoms with Crippen LogP contribution in [-0.4, -0.2) is 27.4 Å². The zero-order valence-electron chi connectivity index (χ0n) is 9.08. The summed E-state index contributed by atoms with van der Waals surface area (Å²) < 4.78 is 7.26. The van der Waals surface area contributed by atoms with Crippen molar-refractivity contribution in [3.8, 4) is 5.88 Å². The molecule has 1 aliphatic heterocycles. The van der Waals surface area contributed by atoms with Gasteiger partial charge in [0.15, 0.2) is 6.29 Å². The zero-order valence-corrected chi connectivity index (χ0v) is 9.08. The normalized spacial score (nSPS) is 17.8. The van der Waals surface area contributed by atoms with Gasteiger partial charge in [-0.15, -0.1) is 0 Å². The van der Waals surface area contributed by atoms with Crippen molar-refractivity contribution in [2.24, 2.45) is 0 Å². The number of carbonyl (C=O) groups excluding carboxylic acids is 1. The summed E-state index contributed by atoms with van der Waals surface area (Å²) in [6.45, 7) is 2.40. The van der Waals surface area contributed by atoms with Crippen LogP contribution in [0.3, 0.4) is 0 Å². The molecule has 3 rings (SSSR count). The van der Waals surface area contributed by atoms with Gasteiger partial charge in [-0.2, -0.15) is 4.98 Å². The molecule has 6 nitrogen and oxygen atoms in total. The standard InChI is InChI=1S/C11H9N3O3/c1-6-4-17-11-9-8(12-5-13-11)10(16)7(3-15)2-14(6)9/h2-3,5-6H,4H2,1H3. The lowest BCUT2D eigenvalue weighted by Gasteiger charge is -2.25. The van der Waals surface area contributed by atoms with Gasteiger partial charge < -0.3 is 9.30 Å². The lowest BCUT2D eigenvalue weighted by Crippen LogP contribution is -2.25. The van der Waals surface area contributed by atoms with Gasteiger partial charge in [0.05, 0.1) is 11.6 Å². The van der Waals surface area contributed by atoms with Gasteiger partial charge in [0.25, 0.3) is 0 Å². The zero-order chi connectivity index (χ0) is 12.0. The first kappa shape index (κ1) is 9.95. The Bertz CT molecular complexity index is 677. The third-order valence-electron chi connectivity index (χ3n) is 2.87. The van der Waals surface area contributed by atoms with Gasteiger partial charge in [0.2, 0.25) is 11.3 Å². The Morgan fingerprint density at radius 3 is 3.12 bits per heavy atom. The molecule has 0 aliphatic carbocycles. The number of ether oxygens (including phenoxy) is 1. The van der Waals surface area contributed by atoms with Gasteiger partial charge in [-0.05, 0) is 6.92 Å². The molecule has 17 heavy (non-hydrogen) atoms. The second-order valence-corrected chi connectivity index (χ2v) is 3.97. The highest BCUT2D eigenvalue weighted by Crippen LogP contribution is 2.27. The molecule has 0 bridgehead atoms. The molecular weight excluding hydrogens is 222 g/mol. The average Bonchev–Trinajstić information content (AvgIpc) is 2.36. The van der Waals surface area contributed by atoms with E-state index < -0.39 is 0 Å². The highest BCUT2D eigenvalue weighted by Gasteiger charge is 2.22. The molecule has 0 fully saturated rings. The fourth-order valence-electron chi connectivity index (χ4n) is 1.99. The monoisotopic (exact) mass is 231 g/mol. The van der Waals surface area contributed by atoms with Gasteiger partial charge >= 0.3 is 0 Å². The van der Waals surface area contributed by atoms with Crippen molar-refractivity contribution in [3.05, 3.63) is 28.3 Å². The SMILES string of the molecule is CC1COc2ncnc3c(=O)c(C=O)cn1c23. The summed E-state index contributed by atoms with van der Waals surface area (Å²) in [6, 6.07) is 0.0373. The molecule has 0 spiro atoms. The van der Waals surface area contributed by atoms with E-state index in [-0.39, 0.29) is 22.6 Å². The van der Waals surface area contributed by atoms with Crippen LogP contribution in [0.5, 0.6) is 5.88 Å². The summed E-state index contributed by atoms with van der Waals surface area (Å²) in [4.78, 5) is 30.7. The highest BCUT2D eigenvalue weighted by molar-refractivity contribution is 5.86. The molecule has 0 aromatic carbocycles. The first-order valence-electron chi connectivity index (χ1n) is 5.20. The largest absolute Gasteiger partial charge is 0.474 e. The van der Waals surface area contributed by atoms with Gasteiger partial charge in [-0.1, -0.05) is 0 Å². The second kappa shape index (κ2) is 3.38. The maximum absolute atomic E-state index is 11.9. The third-order valence-corrected chi connectivity index (χ3v) is 2.87. The minimum absolute atomic E-state index is 0.0373. The number of aromatic nitrogens is 3. The van der Waals surface area contributed by atoms with E-state index in [4.69, 9.17) is 4.74 Å². The van der Waals surface area contributed by atoms with Crippen molar-refractivity contribution in [3.63, 3.8) is 0 Å². The Kier molecular flexibility index (Phi) is 1.98. The molecule has 0 N–H and O–H groups in total.